The number of hydrazone groups is 1. The monoisotopic (exact) mass is 333 g/mol. The Morgan fingerprint density at radius 2 is 2.00 bits per heavy atom. The molecule has 0 heterocycles. The summed E-state index contributed by atoms with van der Waals surface area (Å²) in [4.78, 5) is 22.1. The number of benzene rings is 2. The number of nitro benzene ring substituents is 1. The quantitative estimate of drug-likeness (QED) is 0.517. The van der Waals surface area contributed by atoms with Gasteiger partial charge in [0.05, 0.1) is 18.2 Å². The number of hydrogen-bond acceptors (Lipinski definition) is 5. The smallest absolute Gasteiger partial charge is 0.288 e. The molecule has 0 fully saturated rings. The van der Waals surface area contributed by atoms with E-state index in [1.165, 1.54) is 18.3 Å². The number of ether oxygens (including phenoxy) is 1. The van der Waals surface area contributed by atoms with Gasteiger partial charge >= 0.3 is 0 Å². The van der Waals surface area contributed by atoms with Crippen LogP contribution in [0.1, 0.15) is 15.9 Å². The topological polar surface area (TPSA) is 93.8 Å². The second-order valence-corrected chi connectivity index (χ2v) is 4.80. The molecule has 7 nitrogen and oxygen atoms in total. The van der Waals surface area contributed by atoms with Gasteiger partial charge in [0.15, 0.2) is 0 Å². The molecule has 2 aromatic rings. The van der Waals surface area contributed by atoms with Gasteiger partial charge in [-0.25, -0.2) is 5.43 Å². The molecule has 0 aliphatic rings. The van der Waals surface area contributed by atoms with E-state index in [9.17, 15) is 14.9 Å². The maximum absolute atomic E-state index is 11.9. The molecular weight excluding hydrogens is 322 g/mol. The van der Waals surface area contributed by atoms with Crippen LogP contribution in [-0.4, -0.2) is 24.2 Å². The van der Waals surface area contributed by atoms with E-state index in [-0.39, 0.29) is 16.3 Å². The van der Waals surface area contributed by atoms with Crippen molar-refractivity contribution in [1.29, 1.82) is 0 Å². The number of carbonyl (C=O) groups is 1. The Morgan fingerprint density at radius 3 is 2.61 bits per heavy atom. The van der Waals surface area contributed by atoms with Crippen LogP contribution in [0, 0.1) is 10.1 Å². The third kappa shape index (κ3) is 4.27. The number of rotatable bonds is 5. The molecule has 0 unspecified atom stereocenters. The van der Waals surface area contributed by atoms with E-state index in [1.807, 2.05) is 0 Å². The normalized spacial score (nSPS) is 10.5. The highest BCUT2D eigenvalue weighted by atomic mass is 35.5. The molecule has 0 saturated heterocycles. The minimum absolute atomic E-state index is 0.0340. The lowest BCUT2D eigenvalue weighted by atomic mass is 10.2. The van der Waals surface area contributed by atoms with Crippen molar-refractivity contribution in [2.45, 2.75) is 0 Å². The van der Waals surface area contributed by atoms with Crippen LogP contribution in [0.5, 0.6) is 5.75 Å². The van der Waals surface area contributed by atoms with Crippen LogP contribution < -0.4 is 10.2 Å². The Balaban J connectivity index is 2.05. The zero-order chi connectivity index (χ0) is 16.8. The van der Waals surface area contributed by atoms with Crippen molar-refractivity contribution in [1.82, 2.24) is 5.43 Å². The van der Waals surface area contributed by atoms with Crippen molar-refractivity contribution < 1.29 is 14.5 Å². The Labute approximate surface area is 136 Å². The third-order valence-corrected chi connectivity index (χ3v) is 3.22. The number of hydrogen-bond donors (Lipinski definition) is 1. The van der Waals surface area contributed by atoms with Crippen molar-refractivity contribution in [2.24, 2.45) is 5.10 Å². The average molecular weight is 334 g/mol. The zero-order valence-corrected chi connectivity index (χ0v) is 12.8. The minimum Gasteiger partial charge on any atom is -0.497 e. The van der Waals surface area contributed by atoms with Gasteiger partial charge in [-0.1, -0.05) is 11.6 Å². The van der Waals surface area contributed by atoms with E-state index in [1.54, 1.807) is 31.4 Å². The first-order chi connectivity index (χ1) is 11.0. The molecule has 0 aliphatic heterocycles. The van der Waals surface area contributed by atoms with Gasteiger partial charge in [0.1, 0.15) is 10.8 Å². The van der Waals surface area contributed by atoms with E-state index in [4.69, 9.17) is 16.3 Å². The van der Waals surface area contributed by atoms with Crippen LogP contribution >= 0.6 is 11.6 Å². The summed E-state index contributed by atoms with van der Waals surface area (Å²) in [6, 6.07) is 10.8. The first-order valence-corrected chi connectivity index (χ1v) is 6.80. The number of nitro groups is 1. The summed E-state index contributed by atoms with van der Waals surface area (Å²) in [5, 5.41) is 14.6. The van der Waals surface area contributed by atoms with Gasteiger partial charge in [-0.05, 0) is 42.0 Å². The summed E-state index contributed by atoms with van der Waals surface area (Å²) in [6.45, 7) is 0. The molecule has 1 amide bonds. The van der Waals surface area contributed by atoms with E-state index in [0.29, 0.717) is 5.75 Å². The van der Waals surface area contributed by atoms with Gasteiger partial charge in [-0.15, -0.1) is 0 Å². The van der Waals surface area contributed by atoms with Gasteiger partial charge in [0.25, 0.3) is 11.6 Å². The van der Waals surface area contributed by atoms with E-state index in [2.05, 4.69) is 10.5 Å². The van der Waals surface area contributed by atoms with Crippen molar-refractivity contribution in [2.75, 3.05) is 7.11 Å². The molecule has 0 aliphatic carbocycles. The molecular formula is C15H12ClN3O4. The SMILES string of the molecule is COc1ccc(/C=N\NC(=O)c2ccc(Cl)c([N+](=O)[O-])c2)cc1. The lowest BCUT2D eigenvalue weighted by molar-refractivity contribution is -0.384. The Hall–Kier alpha value is -2.93. The molecule has 1 N–H and O–H groups in total. The first kappa shape index (κ1) is 16.4. The molecule has 0 atom stereocenters. The highest BCUT2D eigenvalue weighted by Gasteiger charge is 2.15. The molecule has 118 valence electrons. The number of nitrogens with one attached hydrogen (secondary N) is 1. The van der Waals surface area contributed by atoms with Gasteiger partial charge in [0, 0.05) is 11.6 Å². The summed E-state index contributed by atoms with van der Waals surface area (Å²) >= 11 is 5.69. The molecule has 2 aromatic carbocycles. The molecule has 0 spiro atoms. The summed E-state index contributed by atoms with van der Waals surface area (Å²) in [5.41, 5.74) is 2.81. The summed E-state index contributed by atoms with van der Waals surface area (Å²) < 4.78 is 5.03. The number of methoxy groups -OCH3 is 1. The molecule has 23 heavy (non-hydrogen) atoms. The number of halogens is 1. The standard InChI is InChI=1S/C15H12ClN3O4/c1-23-12-5-2-10(3-6-12)9-17-18-15(20)11-4-7-13(16)14(8-11)19(21)22/h2-9H,1H3,(H,18,20)/b17-9-. The van der Waals surface area contributed by atoms with Gasteiger partial charge in [0.2, 0.25) is 0 Å². The Kier molecular flexibility index (Phi) is 5.27. The number of carbonyl (C=O) groups excluding carboxylic acids is 1. The summed E-state index contributed by atoms with van der Waals surface area (Å²) in [5.74, 6) is 0.134. The summed E-state index contributed by atoms with van der Waals surface area (Å²) in [7, 11) is 1.56. The predicted octanol–water partition coefficient (Wildman–Crippen LogP) is 3.02. The van der Waals surface area contributed by atoms with E-state index < -0.39 is 10.8 Å². The van der Waals surface area contributed by atoms with Crippen molar-refractivity contribution in [3.63, 3.8) is 0 Å². The lowest BCUT2D eigenvalue weighted by Crippen LogP contribution is -2.17. The van der Waals surface area contributed by atoms with Crippen LogP contribution in [-0.2, 0) is 0 Å². The fourth-order valence-corrected chi connectivity index (χ4v) is 1.90. The van der Waals surface area contributed by atoms with Crippen LogP contribution in [0.15, 0.2) is 47.6 Å². The second-order valence-electron chi connectivity index (χ2n) is 4.40. The van der Waals surface area contributed by atoms with Crippen molar-refractivity contribution in [3.05, 3.63) is 68.7 Å². The molecule has 0 radical (unpaired) electrons. The van der Waals surface area contributed by atoms with Gasteiger partial charge in [-0.3, -0.25) is 14.9 Å². The molecule has 0 aromatic heterocycles. The average Bonchev–Trinajstić information content (AvgIpc) is 2.55. The summed E-state index contributed by atoms with van der Waals surface area (Å²) in [6.07, 6.45) is 1.45. The number of nitrogens with zero attached hydrogens (tertiary/aromatic N) is 2. The fourth-order valence-electron chi connectivity index (χ4n) is 1.71. The van der Waals surface area contributed by atoms with Crippen LogP contribution in [0.25, 0.3) is 0 Å². The van der Waals surface area contributed by atoms with Crippen LogP contribution in [0.2, 0.25) is 5.02 Å². The maximum atomic E-state index is 11.9. The van der Waals surface area contributed by atoms with Crippen LogP contribution in [0.4, 0.5) is 5.69 Å². The fraction of sp³-hybridized carbons (Fsp3) is 0.0667. The number of amides is 1. The largest absolute Gasteiger partial charge is 0.497 e. The highest BCUT2D eigenvalue weighted by molar-refractivity contribution is 6.32. The van der Waals surface area contributed by atoms with E-state index in [0.717, 1.165) is 11.6 Å². The highest BCUT2D eigenvalue weighted by Crippen LogP contribution is 2.24. The van der Waals surface area contributed by atoms with Gasteiger partial charge < -0.3 is 4.74 Å². The van der Waals surface area contributed by atoms with Gasteiger partial charge in [-0.2, -0.15) is 5.10 Å². The Morgan fingerprint density at radius 1 is 1.30 bits per heavy atom. The second kappa shape index (κ2) is 7.37. The third-order valence-electron chi connectivity index (χ3n) is 2.90. The minimum atomic E-state index is -0.653. The lowest BCUT2D eigenvalue weighted by Gasteiger charge is -2.01. The predicted molar refractivity (Wildman–Crippen MR) is 86.2 cm³/mol. The van der Waals surface area contributed by atoms with Crippen molar-refractivity contribution >= 4 is 29.4 Å². The molecule has 0 saturated carbocycles. The maximum Gasteiger partial charge on any atom is 0.288 e. The van der Waals surface area contributed by atoms with Crippen molar-refractivity contribution in [3.8, 4) is 5.75 Å². The Bertz CT molecular complexity index is 760. The first-order valence-electron chi connectivity index (χ1n) is 6.42. The molecule has 0 bridgehead atoms. The van der Waals surface area contributed by atoms with Crippen LogP contribution in [0.3, 0.4) is 0 Å². The van der Waals surface area contributed by atoms with E-state index >= 15 is 0 Å². The zero-order valence-electron chi connectivity index (χ0n) is 12.0. The molecule has 2 rings (SSSR count). The molecule has 8 heteroatoms.